The molecule has 0 fully saturated rings. The van der Waals surface area contributed by atoms with Crippen LogP contribution in [-0.2, 0) is 0 Å². The molecule has 0 aliphatic heterocycles. The van der Waals surface area contributed by atoms with Crippen LogP contribution in [0.25, 0.3) is 9.75 Å². The Hall–Kier alpha value is -0.713. The third-order valence-electron chi connectivity index (χ3n) is 2.33. The van der Waals surface area contributed by atoms with Crippen LogP contribution in [0.15, 0.2) is 24.3 Å². The van der Waals surface area contributed by atoms with Crippen LogP contribution in [-0.4, -0.2) is 14.4 Å². The molecule has 2 aromatic heterocycles. The van der Waals surface area contributed by atoms with Crippen LogP contribution in [0.2, 0.25) is 19.6 Å². The van der Waals surface area contributed by atoms with Crippen LogP contribution in [0.1, 0.15) is 9.67 Å². The van der Waals surface area contributed by atoms with Crippen molar-refractivity contribution in [2.45, 2.75) is 19.6 Å². The van der Waals surface area contributed by atoms with Crippen molar-refractivity contribution in [1.82, 2.24) is 0 Å². The number of aldehydes is 1. The second-order valence-electron chi connectivity index (χ2n) is 4.73. The Labute approximate surface area is 105 Å². The zero-order valence-corrected chi connectivity index (χ0v) is 12.2. The van der Waals surface area contributed by atoms with Crippen LogP contribution in [0, 0.1) is 0 Å². The molecule has 0 aliphatic carbocycles. The largest absolute Gasteiger partial charge is 0.297 e. The lowest BCUT2D eigenvalue weighted by Gasteiger charge is -2.12. The smallest absolute Gasteiger partial charge is 0.160 e. The van der Waals surface area contributed by atoms with E-state index < -0.39 is 8.07 Å². The van der Waals surface area contributed by atoms with Gasteiger partial charge >= 0.3 is 0 Å². The molecular weight excluding hydrogens is 252 g/mol. The standard InChI is InChI=1S/C12H14OS2Si/c1-16(2,3)12-7-6-11(15-12)10-5-4-9(8-13)14-10/h4-8H,1-3H3. The van der Waals surface area contributed by atoms with Crippen LogP contribution in [0.4, 0.5) is 0 Å². The van der Waals surface area contributed by atoms with Gasteiger partial charge in [-0.05, 0) is 22.7 Å². The van der Waals surface area contributed by atoms with Crippen LogP contribution in [0.3, 0.4) is 0 Å². The van der Waals surface area contributed by atoms with E-state index in [4.69, 9.17) is 0 Å². The van der Waals surface area contributed by atoms with Gasteiger partial charge in [-0.2, -0.15) is 0 Å². The minimum absolute atomic E-state index is 0.804. The van der Waals surface area contributed by atoms with E-state index in [0.717, 1.165) is 11.2 Å². The molecule has 0 radical (unpaired) electrons. The highest BCUT2D eigenvalue weighted by atomic mass is 32.1. The summed E-state index contributed by atoms with van der Waals surface area (Å²) < 4.78 is 1.52. The number of rotatable bonds is 3. The quantitative estimate of drug-likeness (QED) is 0.609. The molecule has 0 bridgehead atoms. The fraction of sp³-hybridized carbons (Fsp3) is 0.250. The van der Waals surface area contributed by atoms with E-state index in [2.05, 4.69) is 31.8 Å². The third-order valence-corrected chi connectivity index (χ3v) is 8.22. The first kappa shape index (κ1) is 11.8. The van der Waals surface area contributed by atoms with E-state index in [-0.39, 0.29) is 0 Å². The number of hydrogen-bond donors (Lipinski definition) is 0. The molecule has 2 rings (SSSR count). The Morgan fingerprint density at radius 3 is 2.12 bits per heavy atom. The molecule has 0 aliphatic rings. The van der Waals surface area contributed by atoms with Gasteiger partial charge in [0.1, 0.15) is 0 Å². The number of carbonyl (C=O) groups is 1. The summed E-state index contributed by atoms with van der Waals surface area (Å²) in [7, 11) is -1.19. The van der Waals surface area contributed by atoms with E-state index in [1.165, 1.54) is 14.3 Å². The first-order valence-corrected chi connectivity index (χ1v) is 10.3. The molecule has 0 spiro atoms. The molecule has 0 amide bonds. The van der Waals surface area contributed by atoms with Crippen molar-refractivity contribution in [2.24, 2.45) is 0 Å². The van der Waals surface area contributed by atoms with Crippen molar-refractivity contribution < 1.29 is 4.79 Å². The van der Waals surface area contributed by atoms with Gasteiger partial charge in [-0.25, -0.2) is 0 Å². The molecular formula is C12H14OS2Si. The van der Waals surface area contributed by atoms with Gasteiger partial charge in [-0.15, -0.1) is 22.7 Å². The minimum atomic E-state index is -1.19. The first-order valence-electron chi connectivity index (χ1n) is 5.16. The Balaban J connectivity index is 2.35. The van der Waals surface area contributed by atoms with Crippen molar-refractivity contribution in [3.63, 3.8) is 0 Å². The number of thiophene rings is 2. The summed E-state index contributed by atoms with van der Waals surface area (Å²) in [6.45, 7) is 7.07. The summed E-state index contributed by atoms with van der Waals surface area (Å²) in [4.78, 5) is 13.9. The van der Waals surface area contributed by atoms with Gasteiger partial charge in [-0.1, -0.05) is 25.7 Å². The van der Waals surface area contributed by atoms with E-state index in [1.807, 2.05) is 23.5 Å². The Morgan fingerprint density at radius 2 is 1.62 bits per heavy atom. The highest BCUT2D eigenvalue weighted by Gasteiger charge is 2.19. The Bertz CT molecular complexity index is 505. The molecule has 0 unspecified atom stereocenters. The maximum Gasteiger partial charge on any atom is 0.160 e. The van der Waals surface area contributed by atoms with Crippen LogP contribution in [0.5, 0.6) is 0 Å². The molecule has 16 heavy (non-hydrogen) atoms. The maximum absolute atomic E-state index is 10.6. The van der Waals surface area contributed by atoms with Gasteiger partial charge in [0.15, 0.2) is 6.29 Å². The molecule has 84 valence electrons. The number of hydrogen-bond acceptors (Lipinski definition) is 3. The fourth-order valence-corrected chi connectivity index (χ4v) is 5.23. The minimum Gasteiger partial charge on any atom is -0.297 e. The van der Waals surface area contributed by atoms with Gasteiger partial charge in [0.2, 0.25) is 0 Å². The van der Waals surface area contributed by atoms with E-state index >= 15 is 0 Å². The fourth-order valence-electron chi connectivity index (χ4n) is 1.42. The average Bonchev–Trinajstić information content (AvgIpc) is 2.85. The molecule has 4 heteroatoms. The van der Waals surface area contributed by atoms with Crippen molar-refractivity contribution >= 4 is 41.5 Å². The predicted molar refractivity (Wildman–Crippen MR) is 76.0 cm³/mol. The van der Waals surface area contributed by atoms with E-state index in [9.17, 15) is 4.79 Å². The van der Waals surface area contributed by atoms with Gasteiger partial charge in [-0.3, -0.25) is 4.79 Å². The molecule has 0 saturated heterocycles. The Kier molecular flexibility index (Phi) is 3.14. The van der Waals surface area contributed by atoms with Crippen LogP contribution < -0.4 is 4.50 Å². The molecule has 0 N–H and O–H groups in total. The van der Waals surface area contributed by atoms with Crippen LogP contribution >= 0.6 is 22.7 Å². The van der Waals surface area contributed by atoms with Crippen molar-refractivity contribution in [1.29, 1.82) is 0 Å². The molecule has 2 aromatic rings. The third kappa shape index (κ3) is 2.34. The lowest BCUT2D eigenvalue weighted by Crippen LogP contribution is -2.34. The predicted octanol–water partition coefficient (Wildman–Crippen LogP) is 3.83. The molecule has 0 atom stereocenters. The molecule has 2 heterocycles. The second-order valence-corrected chi connectivity index (χ2v) is 12.3. The average molecular weight is 266 g/mol. The summed E-state index contributed by atoms with van der Waals surface area (Å²) in [6, 6.07) is 8.35. The highest BCUT2D eigenvalue weighted by molar-refractivity contribution is 7.31. The molecule has 0 aromatic carbocycles. The summed E-state index contributed by atoms with van der Waals surface area (Å²) in [5.41, 5.74) is 0. The lowest BCUT2D eigenvalue weighted by molar-refractivity contribution is 0.112. The van der Waals surface area contributed by atoms with E-state index in [1.54, 1.807) is 11.3 Å². The Morgan fingerprint density at radius 1 is 1.00 bits per heavy atom. The van der Waals surface area contributed by atoms with Crippen molar-refractivity contribution in [2.75, 3.05) is 0 Å². The van der Waals surface area contributed by atoms with Gasteiger partial charge in [0.25, 0.3) is 0 Å². The SMILES string of the molecule is C[Si](C)(C)c1ccc(-c2ccc(C=O)s2)s1. The zero-order chi connectivity index (χ0) is 11.8. The summed E-state index contributed by atoms with van der Waals surface area (Å²) in [5, 5.41) is 0. The van der Waals surface area contributed by atoms with E-state index in [0.29, 0.717) is 0 Å². The van der Waals surface area contributed by atoms with Gasteiger partial charge in [0, 0.05) is 9.75 Å². The molecule has 1 nitrogen and oxygen atoms in total. The lowest BCUT2D eigenvalue weighted by atomic mass is 10.4. The molecule has 0 saturated carbocycles. The second kappa shape index (κ2) is 4.28. The van der Waals surface area contributed by atoms with Crippen molar-refractivity contribution in [3.8, 4) is 9.75 Å². The highest BCUT2D eigenvalue weighted by Crippen LogP contribution is 2.31. The topological polar surface area (TPSA) is 17.1 Å². The normalized spacial score (nSPS) is 11.7. The maximum atomic E-state index is 10.6. The zero-order valence-electron chi connectivity index (χ0n) is 9.61. The summed E-state index contributed by atoms with van der Waals surface area (Å²) in [6.07, 6.45) is 0.918. The van der Waals surface area contributed by atoms with Gasteiger partial charge in [0.05, 0.1) is 13.0 Å². The van der Waals surface area contributed by atoms with Gasteiger partial charge < -0.3 is 0 Å². The number of carbonyl (C=O) groups excluding carboxylic acids is 1. The first-order chi connectivity index (χ1) is 7.50. The summed E-state index contributed by atoms with van der Waals surface area (Å²) >= 11 is 3.44. The monoisotopic (exact) mass is 266 g/mol. The van der Waals surface area contributed by atoms with Crippen molar-refractivity contribution in [3.05, 3.63) is 29.1 Å². The summed E-state index contributed by atoms with van der Waals surface area (Å²) in [5.74, 6) is 0.